The standard InChI is InChI=1S/C13H17FO3S/c1-4-17-12(16)13(2,3)18-8-9-5-6-10(14)11(15)7-9/h5-7,15H,4,8H2,1-3H3. The van der Waals surface area contributed by atoms with Crippen LogP contribution in [0.5, 0.6) is 5.75 Å². The molecule has 1 aromatic rings. The van der Waals surface area contributed by atoms with Gasteiger partial charge >= 0.3 is 5.97 Å². The number of halogens is 1. The second-order valence-corrected chi connectivity index (χ2v) is 5.90. The SMILES string of the molecule is CCOC(=O)C(C)(C)SCc1ccc(F)c(O)c1. The van der Waals surface area contributed by atoms with E-state index >= 15 is 0 Å². The van der Waals surface area contributed by atoms with Gasteiger partial charge in [0.1, 0.15) is 4.75 Å². The van der Waals surface area contributed by atoms with Gasteiger partial charge in [-0.2, -0.15) is 0 Å². The predicted molar refractivity (Wildman–Crippen MR) is 70.1 cm³/mol. The van der Waals surface area contributed by atoms with E-state index in [0.29, 0.717) is 12.4 Å². The van der Waals surface area contributed by atoms with Crippen LogP contribution in [0.25, 0.3) is 0 Å². The van der Waals surface area contributed by atoms with Gasteiger partial charge in [-0.1, -0.05) is 6.07 Å². The lowest BCUT2D eigenvalue weighted by Crippen LogP contribution is -2.30. The summed E-state index contributed by atoms with van der Waals surface area (Å²) in [5.41, 5.74) is 0.760. The minimum absolute atomic E-state index is 0.277. The normalized spacial score (nSPS) is 11.3. The summed E-state index contributed by atoms with van der Waals surface area (Å²) in [6.07, 6.45) is 0. The van der Waals surface area contributed by atoms with E-state index in [1.165, 1.54) is 23.9 Å². The summed E-state index contributed by atoms with van der Waals surface area (Å²) in [5.74, 6) is -0.795. The fourth-order valence-corrected chi connectivity index (χ4v) is 2.16. The van der Waals surface area contributed by atoms with E-state index in [-0.39, 0.29) is 11.7 Å². The van der Waals surface area contributed by atoms with E-state index in [1.807, 2.05) is 0 Å². The molecule has 5 heteroatoms. The van der Waals surface area contributed by atoms with Gasteiger partial charge in [-0.15, -0.1) is 11.8 Å². The molecular formula is C13H17FO3S. The van der Waals surface area contributed by atoms with Crippen LogP contribution in [-0.2, 0) is 15.3 Å². The molecule has 3 nitrogen and oxygen atoms in total. The van der Waals surface area contributed by atoms with E-state index in [1.54, 1.807) is 26.8 Å². The van der Waals surface area contributed by atoms with Gasteiger partial charge in [0.2, 0.25) is 0 Å². The van der Waals surface area contributed by atoms with Crippen molar-refractivity contribution in [1.82, 2.24) is 0 Å². The molecule has 0 aliphatic rings. The Bertz CT molecular complexity index is 432. The minimum atomic E-state index is -0.667. The lowest BCUT2D eigenvalue weighted by atomic mass is 10.2. The monoisotopic (exact) mass is 272 g/mol. The first-order valence-electron chi connectivity index (χ1n) is 5.65. The number of carbonyl (C=O) groups excluding carboxylic acids is 1. The maximum Gasteiger partial charge on any atom is 0.321 e. The third kappa shape index (κ3) is 3.91. The highest BCUT2D eigenvalue weighted by atomic mass is 32.2. The third-order valence-corrected chi connectivity index (χ3v) is 3.74. The Morgan fingerprint density at radius 1 is 1.50 bits per heavy atom. The van der Waals surface area contributed by atoms with Crippen molar-refractivity contribution in [3.8, 4) is 5.75 Å². The Balaban J connectivity index is 2.63. The average Bonchev–Trinajstić information content (AvgIpc) is 2.31. The van der Waals surface area contributed by atoms with Gasteiger partial charge in [-0.25, -0.2) is 4.39 Å². The van der Waals surface area contributed by atoms with Crippen LogP contribution in [0.2, 0.25) is 0 Å². The molecule has 1 N–H and O–H groups in total. The number of hydrogen-bond acceptors (Lipinski definition) is 4. The fourth-order valence-electron chi connectivity index (χ4n) is 1.28. The molecule has 18 heavy (non-hydrogen) atoms. The van der Waals surface area contributed by atoms with Crippen molar-refractivity contribution >= 4 is 17.7 Å². The Kier molecular flexibility index (Phi) is 5.02. The summed E-state index contributed by atoms with van der Waals surface area (Å²) in [4.78, 5) is 11.7. The van der Waals surface area contributed by atoms with Crippen molar-refractivity contribution in [2.75, 3.05) is 6.61 Å². The zero-order valence-electron chi connectivity index (χ0n) is 10.7. The van der Waals surface area contributed by atoms with E-state index in [9.17, 15) is 14.3 Å². The summed E-state index contributed by atoms with van der Waals surface area (Å²) in [6.45, 7) is 5.66. The maximum atomic E-state index is 12.9. The Morgan fingerprint density at radius 2 is 2.17 bits per heavy atom. The topological polar surface area (TPSA) is 46.5 Å². The van der Waals surface area contributed by atoms with Crippen molar-refractivity contribution in [1.29, 1.82) is 0 Å². The molecule has 100 valence electrons. The van der Waals surface area contributed by atoms with Crippen LogP contribution in [0.1, 0.15) is 26.3 Å². The molecule has 0 fully saturated rings. The number of rotatable bonds is 5. The highest BCUT2D eigenvalue weighted by Crippen LogP contribution is 2.30. The van der Waals surface area contributed by atoms with Crippen LogP contribution in [0, 0.1) is 5.82 Å². The second-order valence-electron chi connectivity index (χ2n) is 4.31. The number of esters is 1. The number of benzene rings is 1. The lowest BCUT2D eigenvalue weighted by Gasteiger charge is -2.21. The molecule has 0 spiro atoms. The molecule has 0 aromatic heterocycles. The second kappa shape index (κ2) is 6.09. The molecule has 0 bridgehead atoms. The highest BCUT2D eigenvalue weighted by molar-refractivity contribution is 8.00. The molecule has 0 radical (unpaired) electrons. The zero-order chi connectivity index (χ0) is 13.8. The quantitative estimate of drug-likeness (QED) is 0.837. The van der Waals surface area contributed by atoms with Gasteiger partial charge in [0.05, 0.1) is 6.61 Å². The molecule has 0 saturated heterocycles. The Morgan fingerprint density at radius 3 is 2.72 bits per heavy atom. The highest BCUT2D eigenvalue weighted by Gasteiger charge is 2.29. The van der Waals surface area contributed by atoms with Gasteiger partial charge < -0.3 is 9.84 Å². The van der Waals surface area contributed by atoms with Crippen LogP contribution < -0.4 is 0 Å². The van der Waals surface area contributed by atoms with Crippen molar-refractivity contribution in [3.05, 3.63) is 29.6 Å². The first kappa shape index (κ1) is 14.8. The smallest absolute Gasteiger partial charge is 0.321 e. The largest absolute Gasteiger partial charge is 0.505 e. The fraction of sp³-hybridized carbons (Fsp3) is 0.462. The number of hydrogen-bond donors (Lipinski definition) is 1. The molecule has 0 aliphatic heterocycles. The van der Waals surface area contributed by atoms with E-state index in [2.05, 4.69) is 0 Å². The average molecular weight is 272 g/mol. The summed E-state index contributed by atoms with van der Waals surface area (Å²) < 4.78 is 17.2. The number of phenols is 1. The Labute approximate surface area is 110 Å². The lowest BCUT2D eigenvalue weighted by molar-refractivity contribution is -0.145. The predicted octanol–water partition coefficient (Wildman–Crippen LogP) is 3.11. The zero-order valence-corrected chi connectivity index (χ0v) is 11.5. The molecule has 1 aromatic carbocycles. The van der Waals surface area contributed by atoms with Crippen molar-refractivity contribution in [3.63, 3.8) is 0 Å². The summed E-state index contributed by atoms with van der Waals surface area (Å²) in [7, 11) is 0. The molecule has 0 aliphatic carbocycles. The number of phenolic OH excluding ortho intramolecular Hbond substituents is 1. The van der Waals surface area contributed by atoms with Crippen LogP contribution in [0.4, 0.5) is 4.39 Å². The van der Waals surface area contributed by atoms with E-state index in [4.69, 9.17) is 4.74 Å². The van der Waals surface area contributed by atoms with Crippen LogP contribution >= 0.6 is 11.8 Å². The van der Waals surface area contributed by atoms with Crippen LogP contribution in [0.3, 0.4) is 0 Å². The number of thioether (sulfide) groups is 1. The number of aromatic hydroxyl groups is 1. The molecule has 0 amide bonds. The molecular weight excluding hydrogens is 255 g/mol. The van der Waals surface area contributed by atoms with Crippen molar-refractivity contribution in [2.45, 2.75) is 31.3 Å². The molecule has 0 unspecified atom stereocenters. The van der Waals surface area contributed by atoms with Gasteiger partial charge in [-0.3, -0.25) is 4.79 Å². The maximum absolute atomic E-state index is 12.9. The van der Waals surface area contributed by atoms with E-state index < -0.39 is 10.6 Å². The Hall–Kier alpha value is -1.23. The van der Waals surface area contributed by atoms with Crippen LogP contribution in [0.15, 0.2) is 18.2 Å². The number of carbonyl (C=O) groups is 1. The summed E-state index contributed by atoms with van der Waals surface area (Å²) in [6, 6.07) is 4.16. The molecule has 0 atom stereocenters. The number of ether oxygens (including phenoxy) is 1. The van der Waals surface area contributed by atoms with Gasteiger partial charge in [-0.05, 0) is 38.5 Å². The molecule has 0 heterocycles. The molecule has 0 saturated carbocycles. The summed E-state index contributed by atoms with van der Waals surface area (Å²) in [5, 5.41) is 9.25. The summed E-state index contributed by atoms with van der Waals surface area (Å²) >= 11 is 1.39. The third-order valence-electron chi connectivity index (χ3n) is 2.38. The minimum Gasteiger partial charge on any atom is -0.505 e. The van der Waals surface area contributed by atoms with E-state index in [0.717, 1.165) is 5.56 Å². The van der Waals surface area contributed by atoms with Crippen LogP contribution in [-0.4, -0.2) is 22.4 Å². The first-order valence-corrected chi connectivity index (χ1v) is 6.64. The van der Waals surface area contributed by atoms with Gasteiger partial charge in [0.15, 0.2) is 11.6 Å². The van der Waals surface area contributed by atoms with Gasteiger partial charge in [0, 0.05) is 5.75 Å². The first-order chi connectivity index (χ1) is 8.36. The van der Waals surface area contributed by atoms with Crippen molar-refractivity contribution in [2.24, 2.45) is 0 Å². The van der Waals surface area contributed by atoms with Gasteiger partial charge in [0.25, 0.3) is 0 Å². The molecule has 1 rings (SSSR count). The van der Waals surface area contributed by atoms with Crippen molar-refractivity contribution < 1.29 is 19.0 Å².